The number of aliphatic hydroxyl groups is 1. The van der Waals surface area contributed by atoms with Gasteiger partial charge in [-0.1, -0.05) is 0 Å². The maximum absolute atomic E-state index is 12.6. The molecule has 0 aromatic heterocycles. The molecule has 1 unspecified atom stereocenters. The topological polar surface area (TPSA) is 55.5 Å². The zero-order valence-corrected chi connectivity index (χ0v) is 10.5. The molecule has 17 heavy (non-hydrogen) atoms. The van der Waals surface area contributed by atoms with Gasteiger partial charge in [-0.2, -0.15) is 13.2 Å². The van der Waals surface area contributed by atoms with Gasteiger partial charge in [0, 0.05) is 5.56 Å². The Morgan fingerprint density at radius 3 is 2.47 bits per heavy atom. The first kappa shape index (κ1) is 14.3. The Bertz CT molecular complexity index is 409. The van der Waals surface area contributed by atoms with Gasteiger partial charge in [-0.05, 0) is 28.1 Å². The fraction of sp³-hybridized carbons (Fsp3) is 0.400. The smallest absolute Gasteiger partial charge is 0.416 e. The zero-order chi connectivity index (χ0) is 13.2. The second-order valence-electron chi connectivity index (χ2n) is 3.37. The highest BCUT2D eigenvalue weighted by Gasteiger charge is 2.32. The van der Waals surface area contributed by atoms with Gasteiger partial charge in [0.15, 0.2) is 0 Å². The van der Waals surface area contributed by atoms with Gasteiger partial charge < -0.3 is 15.6 Å². The molecule has 0 saturated carbocycles. The first-order valence-corrected chi connectivity index (χ1v) is 5.41. The van der Waals surface area contributed by atoms with Gasteiger partial charge in [-0.3, -0.25) is 0 Å². The van der Waals surface area contributed by atoms with Crippen molar-refractivity contribution in [3.05, 3.63) is 27.7 Å². The normalized spacial score (nSPS) is 13.6. The molecule has 96 valence electrons. The average Bonchev–Trinajstić information content (AvgIpc) is 2.25. The monoisotopic (exact) mass is 313 g/mol. The van der Waals surface area contributed by atoms with Crippen molar-refractivity contribution < 1.29 is 23.0 Å². The molecule has 1 aromatic carbocycles. The number of halogens is 4. The molecular formula is C10H11BrF3NO2. The second-order valence-corrected chi connectivity index (χ2v) is 4.22. The molecule has 0 amide bonds. The number of rotatable bonds is 3. The summed E-state index contributed by atoms with van der Waals surface area (Å²) in [4.78, 5) is 0. The highest BCUT2D eigenvalue weighted by molar-refractivity contribution is 9.10. The van der Waals surface area contributed by atoms with Crippen molar-refractivity contribution in [1.29, 1.82) is 0 Å². The van der Waals surface area contributed by atoms with Crippen LogP contribution in [-0.4, -0.2) is 18.8 Å². The number of alkyl halides is 3. The minimum Gasteiger partial charge on any atom is -0.495 e. The highest BCUT2D eigenvalue weighted by Crippen LogP contribution is 2.39. The van der Waals surface area contributed by atoms with E-state index in [0.717, 1.165) is 12.1 Å². The van der Waals surface area contributed by atoms with Gasteiger partial charge in [0.1, 0.15) is 5.75 Å². The van der Waals surface area contributed by atoms with Gasteiger partial charge in [0.2, 0.25) is 0 Å². The van der Waals surface area contributed by atoms with Gasteiger partial charge in [0.25, 0.3) is 0 Å². The maximum Gasteiger partial charge on any atom is 0.416 e. The van der Waals surface area contributed by atoms with Gasteiger partial charge in [-0.25, -0.2) is 0 Å². The number of aliphatic hydroxyl groups excluding tert-OH is 1. The minimum absolute atomic E-state index is 0.108. The first-order valence-electron chi connectivity index (χ1n) is 4.62. The van der Waals surface area contributed by atoms with Crippen LogP contribution in [0, 0.1) is 0 Å². The van der Waals surface area contributed by atoms with Crippen LogP contribution < -0.4 is 10.5 Å². The standard InChI is InChI=1S/C10H11BrF3NO2/c1-17-9-6(8(15)4-16)2-5(3-7(9)11)10(12,13)14/h2-3,8,16H,4,15H2,1H3. The molecule has 0 bridgehead atoms. The summed E-state index contributed by atoms with van der Waals surface area (Å²) in [5.74, 6) is 0.194. The molecule has 3 nitrogen and oxygen atoms in total. The van der Waals surface area contributed by atoms with E-state index in [1.165, 1.54) is 7.11 Å². The summed E-state index contributed by atoms with van der Waals surface area (Å²) >= 11 is 2.99. The maximum atomic E-state index is 12.6. The van der Waals surface area contributed by atoms with E-state index in [1.807, 2.05) is 0 Å². The van der Waals surface area contributed by atoms with Crippen LogP contribution in [0.4, 0.5) is 13.2 Å². The van der Waals surface area contributed by atoms with Crippen LogP contribution >= 0.6 is 15.9 Å². The Morgan fingerprint density at radius 2 is 2.06 bits per heavy atom. The lowest BCUT2D eigenvalue weighted by Gasteiger charge is -2.17. The van der Waals surface area contributed by atoms with Crippen molar-refractivity contribution in [2.75, 3.05) is 13.7 Å². The Morgan fingerprint density at radius 1 is 1.47 bits per heavy atom. The van der Waals surface area contributed by atoms with E-state index in [-0.39, 0.29) is 15.8 Å². The lowest BCUT2D eigenvalue weighted by atomic mass is 10.0. The van der Waals surface area contributed by atoms with Crippen molar-refractivity contribution in [3.8, 4) is 5.75 Å². The number of methoxy groups -OCH3 is 1. The summed E-state index contributed by atoms with van der Waals surface area (Å²) in [7, 11) is 1.32. The largest absolute Gasteiger partial charge is 0.495 e. The summed E-state index contributed by atoms with van der Waals surface area (Å²) in [6.07, 6.45) is -4.47. The summed E-state index contributed by atoms with van der Waals surface area (Å²) in [6.45, 7) is -0.468. The van der Waals surface area contributed by atoms with Crippen LogP contribution in [0.3, 0.4) is 0 Å². The number of hydrogen-bond acceptors (Lipinski definition) is 3. The molecule has 1 aromatic rings. The van der Waals surface area contributed by atoms with Crippen LogP contribution in [0.2, 0.25) is 0 Å². The molecule has 0 aliphatic rings. The van der Waals surface area contributed by atoms with Crippen molar-refractivity contribution in [1.82, 2.24) is 0 Å². The summed E-state index contributed by atoms with van der Waals surface area (Å²) in [5.41, 5.74) is 4.80. The first-order chi connectivity index (χ1) is 7.81. The Hall–Kier alpha value is -0.790. The van der Waals surface area contributed by atoms with Crippen molar-refractivity contribution in [2.24, 2.45) is 5.73 Å². The van der Waals surface area contributed by atoms with Crippen LogP contribution in [0.5, 0.6) is 5.75 Å². The van der Waals surface area contributed by atoms with Crippen LogP contribution in [0.25, 0.3) is 0 Å². The van der Waals surface area contributed by atoms with E-state index in [1.54, 1.807) is 0 Å². The quantitative estimate of drug-likeness (QED) is 0.901. The Balaban J connectivity index is 3.39. The fourth-order valence-corrected chi connectivity index (χ4v) is 2.00. The lowest BCUT2D eigenvalue weighted by molar-refractivity contribution is -0.137. The minimum atomic E-state index is -4.47. The summed E-state index contributed by atoms with van der Waals surface area (Å²) in [5, 5.41) is 8.92. The third-order valence-electron chi connectivity index (χ3n) is 2.20. The van der Waals surface area contributed by atoms with E-state index in [2.05, 4.69) is 15.9 Å². The predicted octanol–water partition coefficient (Wildman–Crippen LogP) is 2.47. The van der Waals surface area contributed by atoms with E-state index in [4.69, 9.17) is 15.6 Å². The molecule has 0 radical (unpaired) electrons. The number of nitrogens with two attached hydrogens (primary N) is 1. The van der Waals surface area contributed by atoms with Crippen LogP contribution in [0.15, 0.2) is 16.6 Å². The second kappa shape index (κ2) is 5.24. The molecule has 0 saturated heterocycles. The summed E-state index contributed by atoms with van der Waals surface area (Å²) in [6, 6.07) is 0.861. The molecular weight excluding hydrogens is 303 g/mol. The third kappa shape index (κ3) is 3.11. The van der Waals surface area contributed by atoms with Crippen LogP contribution in [-0.2, 0) is 6.18 Å². The van der Waals surface area contributed by atoms with E-state index >= 15 is 0 Å². The van der Waals surface area contributed by atoms with Crippen LogP contribution in [0.1, 0.15) is 17.2 Å². The van der Waals surface area contributed by atoms with Gasteiger partial charge >= 0.3 is 6.18 Å². The van der Waals surface area contributed by atoms with E-state index in [9.17, 15) is 13.2 Å². The third-order valence-corrected chi connectivity index (χ3v) is 2.79. The van der Waals surface area contributed by atoms with Crippen molar-refractivity contribution in [3.63, 3.8) is 0 Å². The Labute approximate surface area is 105 Å². The van der Waals surface area contributed by atoms with Crippen molar-refractivity contribution >= 4 is 15.9 Å². The molecule has 0 spiro atoms. The zero-order valence-electron chi connectivity index (χ0n) is 8.88. The fourth-order valence-electron chi connectivity index (χ4n) is 1.37. The van der Waals surface area contributed by atoms with E-state index in [0.29, 0.717) is 0 Å². The van der Waals surface area contributed by atoms with E-state index < -0.39 is 24.4 Å². The summed E-state index contributed by atoms with van der Waals surface area (Å²) < 4.78 is 42.9. The van der Waals surface area contributed by atoms with Crippen molar-refractivity contribution in [2.45, 2.75) is 12.2 Å². The molecule has 0 aliphatic carbocycles. The molecule has 1 rings (SSSR count). The molecule has 0 heterocycles. The average molecular weight is 314 g/mol. The molecule has 0 fully saturated rings. The Kier molecular flexibility index (Phi) is 4.40. The van der Waals surface area contributed by atoms with Gasteiger partial charge in [-0.15, -0.1) is 0 Å². The number of ether oxygens (including phenoxy) is 1. The highest BCUT2D eigenvalue weighted by atomic mass is 79.9. The number of hydrogen-bond donors (Lipinski definition) is 2. The molecule has 0 aliphatic heterocycles. The molecule has 7 heteroatoms. The SMILES string of the molecule is COc1c(Br)cc(C(F)(F)F)cc1C(N)CO. The molecule has 3 N–H and O–H groups in total. The molecule has 1 atom stereocenters. The number of benzene rings is 1. The lowest BCUT2D eigenvalue weighted by Crippen LogP contribution is -2.17. The predicted molar refractivity (Wildman–Crippen MR) is 59.7 cm³/mol. The van der Waals surface area contributed by atoms with Gasteiger partial charge in [0.05, 0.1) is 29.8 Å².